The molecule has 0 spiro atoms. The lowest BCUT2D eigenvalue weighted by Gasteiger charge is -2.12. The minimum Gasteiger partial charge on any atom is -0.495 e. The molecule has 0 saturated heterocycles. The summed E-state index contributed by atoms with van der Waals surface area (Å²) in [5, 5.41) is 10.9. The Bertz CT molecular complexity index is 955. The van der Waals surface area contributed by atoms with E-state index < -0.39 is 5.25 Å². The number of thioether (sulfide) groups is 1. The molecule has 6 nitrogen and oxygen atoms in total. The van der Waals surface area contributed by atoms with Gasteiger partial charge in [-0.2, -0.15) is 0 Å². The first-order valence-electron chi connectivity index (χ1n) is 8.49. The number of hydrogen-bond acceptors (Lipinski definition) is 6. The zero-order valence-corrected chi connectivity index (χ0v) is 16.5. The molecule has 1 heterocycles. The molecule has 1 aromatic heterocycles. The second-order valence-corrected chi connectivity index (χ2v) is 7.41. The van der Waals surface area contributed by atoms with E-state index in [1.165, 1.54) is 17.3 Å². The third kappa shape index (κ3) is 4.49. The lowest BCUT2D eigenvalue weighted by Crippen LogP contribution is -2.22. The molecular weight excluding hydrogens is 362 g/mol. The minimum atomic E-state index is -0.414. The molecule has 0 aliphatic carbocycles. The van der Waals surface area contributed by atoms with Gasteiger partial charge in [-0.05, 0) is 56.2 Å². The van der Waals surface area contributed by atoms with Crippen molar-refractivity contribution in [1.29, 1.82) is 0 Å². The molecule has 3 rings (SSSR count). The van der Waals surface area contributed by atoms with Crippen molar-refractivity contribution in [2.24, 2.45) is 0 Å². The van der Waals surface area contributed by atoms with Crippen molar-refractivity contribution in [2.45, 2.75) is 31.2 Å². The average Bonchev–Trinajstić information content (AvgIpc) is 3.12. The molecule has 0 aliphatic heterocycles. The Balaban J connectivity index is 1.67. The van der Waals surface area contributed by atoms with Crippen LogP contribution in [0.2, 0.25) is 0 Å². The number of methoxy groups -OCH3 is 1. The van der Waals surface area contributed by atoms with Crippen molar-refractivity contribution >= 4 is 23.4 Å². The van der Waals surface area contributed by atoms with Crippen LogP contribution in [0.1, 0.15) is 18.1 Å². The van der Waals surface area contributed by atoms with Gasteiger partial charge in [0.25, 0.3) is 5.22 Å². The molecule has 7 heteroatoms. The summed E-state index contributed by atoms with van der Waals surface area (Å²) in [5.41, 5.74) is 3.85. The Labute approximate surface area is 162 Å². The van der Waals surface area contributed by atoms with Gasteiger partial charge in [-0.1, -0.05) is 30.0 Å². The number of amides is 1. The van der Waals surface area contributed by atoms with Gasteiger partial charge < -0.3 is 14.5 Å². The van der Waals surface area contributed by atoms with Crippen LogP contribution in [0.4, 0.5) is 5.69 Å². The molecule has 0 radical (unpaired) electrons. The highest BCUT2D eigenvalue weighted by Gasteiger charge is 2.20. The van der Waals surface area contributed by atoms with Crippen LogP contribution in [0, 0.1) is 13.8 Å². The Hall–Kier alpha value is -2.80. The first-order valence-corrected chi connectivity index (χ1v) is 9.37. The Morgan fingerprint density at radius 2 is 1.93 bits per heavy atom. The first kappa shape index (κ1) is 19.0. The van der Waals surface area contributed by atoms with Crippen LogP contribution in [0.25, 0.3) is 11.5 Å². The summed E-state index contributed by atoms with van der Waals surface area (Å²) in [7, 11) is 1.57. The monoisotopic (exact) mass is 383 g/mol. The van der Waals surface area contributed by atoms with Gasteiger partial charge in [0, 0.05) is 5.56 Å². The second-order valence-electron chi connectivity index (χ2n) is 6.12. The van der Waals surface area contributed by atoms with Gasteiger partial charge in [0.1, 0.15) is 5.75 Å². The van der Waals surface area contributed by atoms with Crippen molar-refractivity contribution in [2.75, 3.05) is 12.4 Å². The number of aryl methyl sites for hydroxylation is 2. The van der Waals surface area contributed by atoms with E-state index in [9.17, 15) is 4.79 Å². The number of nitrogens with one attached hydrogen (secondary N) is 1. The van der Waals surface area contributed by atoms with Crippen LogP contribution < -0.4 is 10.1 Å². The van der Waals surface area contributed by atoms with E-state index in [0.29, 0.717) is 22.6 Å². The van der Waals surface area contributed by atoms with Crippen LogP contribution >= 0.6 is 11.8 Å². The zero-order chi connectivity index (χ0) is 19.4. The number of para-hydroxylation sites is 2. The number of benzene rings is 2. The predicted molar refractivity (Wildman–Crippen MR) is 106 cm³/mol. The summed E-state index contributed by atoms with van der Waals surface area (Å²) >= 11 is 1.21. The predicted octanol–water partition coefficient (Wildman–Crippen LogP) is 4.48. The molecule has 0 bridgehead atoms. The molecule has 1 atom stereocenters. The number of carbonyl (C=O) groups excluding carboxylic acids is 1. The second kappa shape index (κ2) is 8.26. The SMILES string of the molecule is COc1ccccc1NC(=O)[C@H](C)Sc1nnc(-c2ccc(C)c(C)c2)o1. The van der Waals surface area contributed by atoms with Crippen molar-refractivity contribution in [3.8, 4) is 17.2 Å². The molecule has 2 aromatic carbocycles. The highest BCUT2D eigenvalue weighted by atomic mass is 32.2. The average molecular weight is 383 g/mol. The largest absolute Gasteiger partial charge is 0.495 e. The van der Waals surface area contributed by atoms with Crippen LogP contribution in [0.3, 0.4) is 0 Å². The van der Waals surface area contributed by atoms with Crippen molar-refractivity contribution < 1.29 is 13.9 Å². The van der Waals surface area contributed by atoms with E-state index in [-0.39, 0.29) is 5.91 Å². The Kier molecular flexibility index (Phi) is 5.81. The van der Waals surface area contributed by atoms with E-state index >= 15 is 0 Å². The smallest absolute Gasteiger partial charge is 0.277 e. The number of carbonyl (C=O) groups is 1. The number of hydrogen-bond donors (Lipinski definition) is 1. The van der Waals surface area contributed by atoms with E-state index in [4.69, 9.17) is 9.15 Å². The maximum absolute atomic E-state index is 12.5. The fourth-order valence-electron chi connectivity index (χ4n) is 2.44. The standard InChI is InChI=1S/C20H21N3O3S/c1-12-9-10-15(11-13(12)2)19-22-23-20(26-19)27-14(3)18(24)21-16-7-5-6-8-17(16)25-4/h5-11,14H,1-4H3,(H,21,24)/t14-/m0/s1. The topological polar surface area (TPSA) is 77.2 Å². The summed E-state index contributed by atoms with van der Waals surface area (Å²) in [5.74, 6) is 0.881. The van der Waals surface area contributed by atoms with E-state index in [1.807, 2.05) is 37.3 Å². The fraction of sp³-hybridized carbons (Fsp3) is 0.250. The van der Waals surface area contributed by atoms with Gasteiger partial charge in [0.15, 0.2) is 0 Å². The van der Waals surface area contributed by atoms with Crippen molar-refractivity contribution in [1.82, 2.24) is 10.2 Å². The maximum Gasteiger partial charge on any atom is 0.277 e. The number of rotatable bonds is 6. The lowest BCUT2D eigenvalue weighted by molar-refractivity contribution is -0.115. The minimum absolute atomic E-state index is 0.171. The van der Waals surface area contributed by atoms with Gasteiger partial charge in [-0.3, -0.25) is 4.79 Å². The van der Waals surface area contributed by atoms with E-state index in [0.717, 1.165) is 11.1 Å². The molecule has 0 aliphatic rings. The Morgan fingerprint density at radius 1 is 1.15 bits per heavy atom. The number of ether oxygens (including phenoxy) is 1. The summed E-state index contributed by atoms with van der Waals surface area (Å²) in [4.78, 5) is 12.5. The van der Waals surface area contributed by atoms with Crippen LogP contribution in [-0.2, 0) is 4.79 Å². The summed E-state index contributed by atoms with van der Waals surface area (Å²) in [6.45, 7) is 5.88. The molecular formula is C20H21N3O3S. The summed E-state index contributed by atoms with van der Waals surface area (Å²) < 4.78 is 11.0. The van der Waals surface area contributed by atoms with Crippen molar-refractivity contribution in [3.05, 3.63) is 53.6 Å². The molecule has 3 aromatic rings. The van der Waals surface area contributed by atoms with Gasteiger partial charge >= 0.3 is 0 Å². The number of anilines is 1. The molecule has 0 unspecified atom stereocenters. The fourth-order valence-corrected chi connectivity index (χ4v) is 3.12. The molecule has 1 amide bonds. The van der Waals surface area contributed by atoms with E-state index in [2.05, 4.69) is 22.4 Å². The quantitative estimate of drug-likeness (QED) is 0.632. The van der Waals surface area contributed by atoms with Crippen LogP contribution in [-0.4, -0.2) is 28.5 Å². The normalized spacial score (nSPS) is 11.9. The van der Waals surface area contributed by atoms with E-state index in [1.54, 1.807) is 26.2 Å². The molecule has 1 N–H and O–H groups in total. The maximum atomic E-state index is 12.5. The number of aromatic nitrogens is 2. The summed E-state index contributed by atoms with van der Waals surface area (Å²) in [6, 6.07) is 13.2. The van der Waals surface area contributed by atoms with Gasteiger partial charge in [0.05, 0.1) is 18.0 Å². The Morgan fingerprint density at radius 3 is 2.67 bits per heavy atom. The zero-order valence-electron chi connectivity index (χ0n) is 15.6. The van der Waals surface area contributed by atoms with Gasteiger partial charge in [-0.25, -0.2) is 0 Å². The third-order valence-electron chi connectivity index (χ3n) is 4.17. The summed E-state index contributed by atoms with van der Waals surface area (Å²) in [6.07, 6.45) is 0. The lowest BCUT2D eigenvalue weighted by atomic mass is 10.1. The molecule has 140 valence electrons. The van der Waals surface area contributed by atoms with Gasteiger partial charge in [0.2, 0.25) is 11.8 Å². The number of nitrogens with zero attached hydrogens (tertiary/aromatic N) is 2. The first-order chi connectivity index (χ1) is 13.0. The molecule has 0 saturated carbocycles. The highest BCUT2D eigenvalue weighted by Crippen LogP contribution is 2.29. The highest BCUT2D eigenvalue weighted by molar-refractivity contribution is 8.00. The van der Waals surface area contributed by atoms with Crippen LogP contribution in [0.5, 0.6) is 5.75 Å². The third-order valence-corrected chi connectivity index (χ3v) is 5.11. The molecule has 0 fully saturated rings. The van der Waals surface area contributed by atoms with Crippen molar-refractivity contribution in [3.63, 3.8) is 0 Å². The molecule has 27 heavy (non-hydrogen) atoms. The van der Waals surface area contributed by atoms with Gasteiger partial charge in [-0.15, -0.1) is 10.2 Å². The van der Waals surface area contributed by atoms with Crippen LogP contribution in [0.15, 0.2) is 52.1 Å².